The molecule has 2 N–H and O–H groups in total. The van der Waals surface area contributed by atoms with E-state index in [4.69, 9.17) is 10.00 Å². The Morgan fingerprint density at radius 3 is 2.96 bits per heavy atom. The summed E-state index contributed by atoms with van der Waals surface area (Å²) in [4.78, 5) is 8.41. The molecule has 0 aliphatic heterocycles. The predicted molar refractivity (Wildman–Crippen MR) is 102 cm³/mol. The van der Waals surface area contributed by atoms with Gasteiger partial charge in [0.2, 0.25) is 5.88 Å². The first-order valence-corrected chi connectivity index (χ1v) is 8.96. The average Bonchev–Trinajstić information content (AvgIpc) is 3.12. The maximum Gasteiger partial charge on any atom is 0.231 e. The molecule has 3 aromatic rings. The second kappa shape index (κ2) is 9.12. The Morgan fingerprint density at radius 1 is 1.26 bits per heavy atom. The van der Waals surface area contributed by atoms with E-state index in [1.807, 2.05) is 30.6 Å². The molecule has 0 aliphatic carbocycles. The Kier molecular flexibility index (Phi) is 6.36. The van der Waals surface area contributed by atoms with Crippen LogP contribution in [0, 0.1) is 11.3 Å². The third-order valence-corrected chi connectivity index (χ3v) is 4.34. The van der Waals surface area contributed by atoms with Crippen molar-refractivity contribution in [3.05, 3.63) is 54.5 Å². The summed E-state index contributed by atoms with van der Waals surface area (Å²) in [7, 11) is 0. The Bertz CT molecular complexity index is 918. The number of rotatable bonds is 9. The maximum atomic E-state index is 10.1. The molecule has 140 valence electrons. The number of pyridine rings is 1. The van der Waals surface area contributed by atoms with Gasteiger partial charge in [0.25, 0.3) is 0 Å². The molecule has 0 saturated heterocycles. The number of nitriles is 1. The number of ether oxygens (including phenoxy) is 1. The van der Waals surface area contributed by atoms with Crippen LogP contribution < -0.4 is 10.1 Å². The number of hydrogen-bond acceptors (Lipinski definition) is 6. The lowest BCUT2D eigenvalue weighted by molar-refractivity contribution is 0.101. The van der Waals surface area contributed by atoms with E-state index in [-0.39, 0.29) is 18.5 Å². The third kappa shape index (κ3) is 5.03. The van der Waals surface area contributed by atoms with Crippen LogP contribution in [0.25, 0.3) is 11.0 Å². The van der Waals surface area contributed by atoms with Gasteiger partial charge >= 0.3 is 0 Å². The highest BCUT2D eigenvalue weighted by Gasteiger charge is 2.11. The number of aliphatic hydroxyl groups excluding tert-OH is 1. The number of aryl methyl sites for hydroxylation is 1. The van der Waals surface area contributed by atoms with Gasteiger partial charge in [-0.25, -0.2) is 9.97 Å². The fraction of sp³-hybridized carbons (Fsp3) is 0.350. The number of hydrogen-bond donors (Lipinski definition) is 2. The van der Waals surface area contributed by atoms with Crippen molar-refractivity contribution in [2.75, 3.05) is 13.2 Å². The molecule has 2 unspecified atom stereocenters. The third-order valence-electron chi connectivity index (χ3n) is 4.34. The van der Waals surface area contributed by atoms with Crippen molar-refractivity contribution >= 4 is 11.0 Å². The molecule has 0 radical (unpaired) electrons. The van der Waals surface area contributed by atoms with Crippen molar-refractivity contribution in [2.24, 2.45) is 0 Å². The van der Waals surface area contributed by atoms with Gasteiger partial charge < -0.3 is 19.7 Å². The number of benzene rings is 1. The summed E-state index contributed by atoms with van der Waals surface area (Å²) in [5.74, 6) is 0.249. The smallest absolute Gasteiger partial charge is 0.231 e. The van der Waals surface area contributed by atoms with E-state index in [0.29, 0.717) is 12.1 Å². The molecule has 0 amide bonds. The van der Waals surface area contributed by atoms with E-state index in [1.54, 1.807) is 18.3 Å². The summed E-state index contributed by atoms with van der Waals surface area (Å²) in [5.41, 5.74) is 2.48. The van der Waals surface area contributed by atoms with Gasteiger partial charge in [-0.15, -0.1) is 0 Å². The second-order valence-electron chi connectivity index (χ2n) is 6.46. The van der Waals surface area contributed by atoms with Crippen LogP contribution >= 0.6 is 0 Å². The Labute approximate surface area is 158 Å². The Hall–Kier alpha value is -2.95. The van der Waals surface area contributed by atoms with Gasteiger partial charge in [-0.2, -0.15) is 5.26 Å². The van der Waals surface area contributed by atoms with Crippen molar-refractivity contribution in [1.82, 2.24) is 19.9 Å². The first-order valence-electron chi connectivity index (χ1n) is 8.96. The lowest BCUT2D eigenvalue weighted by Gasteiger charge is -2.18. The van der Waals surface area contributed by atoms with Crippen molar-refractivity contribution in [2.45, 2.75) is 32.0 Å². The van der Waals surface area contributed by atoms with E-state index in [9.17, 15) is 5.11 Å². The molecule has 7 nitrogen and oxygen atoms in total. The molecule has 0 aliphatic rings. The van der Waals surface area contributed by atoms with Gasteiger partial charge in [0, 0.05) is 25.3 Å². The summed E-state index contributed by atoms with van der Waals surface area (Å²) in [5, 5.41) is 22.4. The summed E-state index contributed by atoms with van der Waals surface area (Å²) in [6.45, 7) is 3.41. The van der Waals surface area contributed by atoms with Crippen LogP contribution in [0.5, 0.6) is 5.88 Å². The fourth-order valence-electron chi connectivity index (χ4n) is 2.79. The lowest BCUT2D eigenvalue weighted by atomic mass is 10.2. The molecule has 2 atom stereocenters. The minimum absolute atomic E-state index is 0.0809. The second-order valence-corrected chi connectivity index (χ2v) is 6.46. The largest absolute Gasteiger partial charge is 0.474 e. The van der Waals surface area contributed by atoms with Crippen LogP contribution in [-0.4, -0.2) is 44.9 Å². The van der Waals surface area contributed by atoms with Crippen molar-refractivity contribution in [3.63, 3.8) is 0 Å². The summed E-state index contributed by atoms with van der Waals surface area (Å²) >= 11 is 0. The number of aromatic nitrogens is 3. The number of fused-ring (bicyclic) bond motifs is 1. The van der Waals surface area contributed by atoms with Crippen molar-refractivity contribution in [3.8, 4) is 11.9 Å². The van der Waals surface area contributed by atoms with Crippen LogP contribution in [0.4, 0.5) is 0 Å². The topological polar surface area (TPSA) is 96.0 Å². The number of imidazole rings is 1. The monoisotopic (exact) mass is 365 g/mol. The minimum atomic E-state index is -0.685. The van der Waals surface area contributed by atoms with Crippen LogP contribution in [-0.2, 0) is 6.54 Å². The van der Waals surface area contributed by atoms with Crippen LogP contribution in [0.2, 0.25) is 0 Å². The van der Waals surface area contributed by atoms with Gasteiger partial charge in [-0.3, -0.25) is 0 Å². The standard InChI is InChI=1S/C20H23N5O2/c1-15(8-10-25-14-24-18-6-2-3-7-19(18)25)23-12-17(26)13-27-20-16(11-21)5-4-9-22-20/h2-7,9,14-15,17,23,26H,8,10,12-13H2,1H3. The number of nitrogens with zero attached hydrogens (tertiary/aromatic N) is 4. The van der Waals surface area contributed by atoms with Gasteiger partial charge in [0.05, 0.1) is 17.4 Å². The molecule has 0 bridgehead atoms. The van der Waals surface area contributed by atoms with Crippen molar-refractivity contribution < 1.29 is 9.84 Å². The summed E-state index contributed by atoms with van der Waals surface area (Å²) in [6.07, 6.45) is 3.64. The molecule has 27 heavy (non-hydrogen) atoms. The fourth-order valence-corrected chi connectivity index (χ4v) is 2.79. The van der Waals surface area contributed by atoms with E-state index in [1.165, 1.54) is 0 Å². The number of aliphatic hydroxyl groups is 1. The Balaban J connectivity index is 1.41. The van der Waals surface area contributed by atoms with Crippen LogP contribution in [0.1, 0.15) is 18.9 Å². The molecule has 7 heteroatoms. The maximum absolute atomic E-state index is 10.1. The lowest BCUT2D eigenvalue weighted by Crippen LogP contribution is -2.37. The molecule has 3 rings (SSSR count). The zero-order valence-corrected chi connectivity index (χ0v) is 15.2. The minimum Gasteiger partial charge on any atom is -0.474 e. The molecular weight excluding hydrogens is 342 g/mol. The number of nitrogens with one attached hydrogen (secondary N) is 1. The Morgan fingerprint density at radius 2 is 2.11 bits per heavy atom. The first-order chi connectivity index (χ1) is 13.2. The zero-order chi connectivity index (χ0) is 19.1. The normalized spacial score (nSPS) is 13.2. The molecule has 1 aromatic carbocycles. The van der Waals surface area contributed by atoms with E-state index in [2.05, 4.69) is 32.8 Å². The van der Waals surface area contributed by atoms with Gasteiger partial charge in [-0.1, -0.05) is 12.1 Å². The highest BCUT2D eigenvalue weighted by molar-refractivity contribution is 5.74. The van der Waals surface area contributed by atoms with Gasteiger partial charge in [0.15, 0.2) is 0 Å². The van der Waals surface area contributed by atoms with E-state index in [0.717, 1.165) is 24.0 Å². The van der Waals surface area contributed by atoms with E-state index < -0.39 is 6.10 Å². The molecule has 0 fully saturated rings. The molecule has 0 spiro atoms. The average molecular weight is 365 g/mol. The van der Waals surface area contributed by atoms with Gasteiger partial charge in [-0.05, 0) is 37.6 Å². The van der Waals surface area contributed by atoms with Crippen LogP contribution in [0.3, 0.4) is 0 Å². The predicted octanol–water partition coefficient (Wildman–Crippen LogP) is 2.11. The molecule has 2 heterocycles. The molecule has 0 saturated carbocycles. The van der Waals surface area contributed by atoms with Gasteiger partial charge in [0.1, 0.15) is 24.3 Å². The number of para-hydroxylation sites is 2. The highest BCUT2D eigenvalue weighted by Crippen LogP contribution is 2.13. The first kappa shape index (κ1) is 18.8. The summed E-state index contributed by atoms with van der Waals surface area (Å²) in [6, 6.07) is 13.6. The zero-order valence-electron chi connectivity index (χ0n) is 15.2. The van der Waals surface area contributed by atoms with Crippen LogP contribution in [0.15, 0.2) is 48.9 Å². The van der Waals surface area contributed by atoms with E-state index >= 15 is 0 Å². The molecule has 2 aromatic heterocycles. The summed E-state index contributed by atoms with van der Waals surface area (Å²) < 4.78 is 7.59. The molecular formula is C20H23N5O2. The van der Waals surface area contributed by atoms with Crippen molar-refractivity contribution in [1.29, 1.82) is 5.26 Å². The SMILES string of the molecule is CC(CCn1cnc2ccccc21)NCC(O)COc1ncccc1C#N. The quantitative estimate of drug-likeness (QED) is 0.603. The highest BCUT2D eigenvalue weighted by atomic mass is 16.5.